The van der Waals surface area contributed by atoms with Crippen molar-refractivity contribution in [3.05, 3.63) is 23.0 Å². The zero-order valence-electron chi connectivity index (χ0n) is 14.4. The lowest BCUT2D eigenvalue weighted by Gasteiger charge is -2.15. The largest absolute Gasteiger partial charge is 0.462 e. The highest BCUT2D eigenvalue weighted by molar-refractivity contribution is 5.91. The Morgan fingerprint density at radius 3 is 2.48 bits per heavy atom. The number of amides is 2. The van der Waals surface area contributed by atoms with Crippen LogP contribution in [0.2, 0.25) is 0 Å². The molecule has 7 nitrogen and oxygen atoms in total. The number of aryl methyl sites for hydroxylation is 1. The van der Waals surface area contributed by atoms with Crippen LogP contribution in [0.4, 0.5) is 0 Å². The maximum atomic E-state index is 12.1. The van der Waals surface area contributed by atoms with Crippen LogP contribution in [0.1, 0.15) is 42.5 Å². The number of likely N-dealkylation sites (N-methyl/N-ethyl adjacent to an activating group) is 1. The van der Waals surface area contributed by atoms with E-state index in [4.69, 9.17) is 4.74 Å². The van der Waals surface area contributed by atoms with Gasteiger partial charge in [-0.1, -0.05) is 0 Å². The van der Waals surface area contributed by atoms with E-state index in [1.54, 1.807) is 31.4 Å². The molecule has 0 fully saturated rings. The number of esters is 1. The molecule has 0 aliphatic carbocycles. The lowest BCUT2D eigenvalue weighted by atomic mass is 10.2. The summed E-state index contributed by atoms with van der Waals surface area (Å²) in [4.78, 5) is 35.6. The third-order valence-electron chi connectivity index (χ3n) is 3.49. The SMILES string of the molecule is CCNC(=O)[C@H](C)NC(=O)Cn1c(C)cc(C(=O)OCC)c1C. The maximum absolute atomic E-state index is 12.1. The van der Waals surface area contributed by atoms with Crippen LogP contribution >= 0.6 is 0 Å². The molecule has 0 saturated carbocycles. The fraction of sp³-hybridized carbons (Fsp3) is 0.562. The minimum absolute atomic E-state index is 0.0425. The zero-order valence-corrected chi connectivity index (χ0v) is 14.4. The van der Waals surface area contributed by atoms with Crippen LogP contribution in [-0.4, -0.2) is 41.5 Å². The van der Waals surface area contributed by atoms with Gasteiger partial charge in [0.1, 0.15) is 12.6 Å². The highest BCUT2D eigenvalue weighted by Gasteiger charge is 2.20. The van der Waals surface area contributed by atoms with E-state index in [1.807, 2.05) is 13.8 Å². The number of hydrogen-bond donors (Lipinski definition) is 2. The molecule has 0 spiro atoms. The fourth-order valence-corrected chi connectivity index (χ4v) is 2.28. The summed E-state index contributed by atoms with van der Waals surface area (Å²) >= 11 is 0. The molecule has 2 amide bonds. The van der Waals surface area contributed by atoms with Crippen molar-refractivity contribution in [2.45, 2.75) is 47.2 Å². The average Bonchev–Trinajstić information content (AvgIpc) is 2.75. The normalized spacial score (nSPS) is 11.7. The van der Waals surface area contributed by atoms with E-state index >= 15 is 0 Å². The van der Waals surface area contributed by atoms with Gasteiger partial charge < -0.3 is 19.9 Å². The molecule has 1 atom stereocenters. The van der Waals surface area contributed by atoms with E-state index in [9.17, 15) is 14.4 Å². The summed E-state index contributed by atoms with van der Waals surface area (Å²) in [5.41, 5.74) is 1.90. The first-order valence-corrected chi connectivity index (χ1v) is 7.72. The van der Waals surface area contributed by atoms with E-state index in [2.05, 4.69) is 10.6 Å². The smallest absolute Gasteiger partial charge is 0.339 e. The number of carbonyl (C=O) groups excluding carboxylic acids is 3. The van der Waals surface area contributed by atoms with Crippen molar-refractivity contribution >= 4 is 17.8 Å². The first-order valence-electron chi connectivity index (χ1n) is 7.72. The standard InChI is InChI=1S/C16H25N3O4/c1-6-17-15(21)11(4)18-14(20)9-19-10(3)8-13(12(19)5)16(22)23-7-2/h8,11H,6-7,9H2,1-5H3,(H,17,21)(H,18,20)/t11-/m0/s1. The van der Waals surface area contributed by atoms with Crippen LogP contribution in [0.3, 0.4) is 0 Å². The second kappa shape index (κ2) is 8.36. The Morgan fingerprint density at radius 2 is 1.91 bits per heavy atom. The van der Waals surface area contributed by atoms with Crippen molar-refractivity contribution in [3.63, 3.8) is 0 Å². The molecule has 0 bridgehead atoms. The minimum atomic E-state index is -0.608. The Morgan fingerprint density at radius 1 is 1.26 bits per heavy atom. The van der Waals surface area contributed by atoms with Gasteiger partial charge in [-0.2, -0.15) is 0 Å². The van der Waals surface area contributed by atoms with Gasteiger partial charge in [-0.05, 0) is 40.7 Å². The third kappa shape index (κ3) is 4.84. The zero-order chi connectivity index (χ0) is 17.6. The van der Waals surface area contributed by atoms with Crippen molar-refractivity contribution in [2.24, 2.45) is 0 Å². The van der Waals surface area contributed by atoms with Gasteiger partial charge in [-0.3, -0.25) is 9.59 Å². The van der Waals surface area contributed by atoms with Crippen LogP contribution in [-0.2, 0) is 20.9 Å². The van der Waals surface area contributed by atoms with Crippen LogP contribution < -0.4 is 10.6 Å². The maximum Gasteiger partial charge on any atom is 0.339 e. The predicted molar refractivity (Wildman–Crippen MR) is 86.2 cm³/mol. The number of aromatic nitrogens is 1. The first kappa shape index (κ1) is 18.7. The van der Waals surface area contributed by atoms with E-state index in [0.717, 1.165) is 5.69 Å². The second-order valence-electron chi connectivity index (χ2n) is 5.28. The van der Waals surface area contributed by atoms with Crippen molar-refractivity contribution in [2.75, 3.05) is 13.2 Å². The van der Waals surface area contributed by atoms with Crippen LogP contribution in [0.15, 0.2) is 6.07 Å². The van der Waals surface area contributed by atoms with Gasteiger partial charge in [0.05, 0.1) is 12.2 Å². The number of nitrogens with one attached hydrogen (secondary N) is 2. The topological polar surface area (TPSA) is 89.4 Å². The van der Waals surface area contributed by atoms with Crippen molar-refractivity contribution in [1.82, 2.24) is 15.2 Å². The average molecular weight is 323 g/mol. The highest BCUT2D eigenvalue weighted by Crippen LogP contribution is 2.16. The molecule has 128 valence electrons. The molecule has 0 aliphatic rings. The van der Waals surface area contributed by atoms with E-state index in [0.29, 0.717) is 24.4 Å². The van der Waals surface area contributed by atoms with Gasteiger partial charge in [0, 0.05) is 17.9 Å². The molecule has 0 aromatic carbocycles. The van der Waals surface area contributed by atoms with Crippen molar-refractivity contribution < 1.29 is 19.1 Å². The lowest BCUT2D eigenvalue weighted by Crippen LogP contribution is -2.45. The molecule has 0 unspecified atom stereocenters. The molecule has 7 heteroatoms. The Balaban J connectivity index is 2.79. The quantitative estimate of drug-likeness (QED) is 0.730. The number of rotatable bonds is 7. The Kier molecular flexibility index (Phi) is 6.81. The summed E-state index contributed by atoms with van der Waals surface area (Å²) in [6, 6.07) is 1.09. The summed E-state index contributed by atoms with van der Waals surface area (Å²) in [6.07, 6.45) is 0. The van der Waals surface area contributed by atoms with Gasteiger partial charge in [-0.25, -0.2) is 4.79 Å². The number of carbonyl (C=O) groups is 3. The molecular weight excluding hydrogens is 298 g/mol. The monoisotopic (exact) mass is 323 g/mol. The molecule has 1 heterocycles. The highest BCUT2D eigenvalue weighted by atomic mass is 16.5. The Bertz CT molecular complexity index is 592. The molecule has 23 heavy (non-hydrogen) atoms. The molecule has 1 aromatic heterocycles. The van der Waals surface area contributed by atoms with E-state index in [-0.39, 0.29) is 18.4 Å². The summed E-state index contributed by atoms with van der Waals surface area (Å²) in [7, 11) is 0. The molecular formula is C16H25N3O4. The van der Waals surface area contributed by atoms with Crippen LogP contribution in [0.25, 0.3) is 0 Å². The third-order valence-corrected chi connectivity index (χ3v) is 3.49. The fourth-order valence-electron chi connectivity index (χ4n) is 2.28. The van der Waals surface area contributed by atoms with Crippen LogP contribution in [0.5, 0.6) is 0 Å². The molecule has 2 N–H and O–H groups in total. The number of nitrogens with zero attached hydrogens (tertiary/aromatic N) is 1. The number of ether oxygens (including phenoxy) is 1. The predicted octanol–water partition coefficient (Wildman–Crippen LogP) is 0.922. The molecule has 0 aliphatic heterocycles. The van der Waals surface area contributed by atoms with Gasteiger partial charge >= 0.3 is 5.97 Å². The second-order valence-corrected chi connectivity index (χ2v) is 5.28. The van der Waals surface area contributed by atoms with Crippen molar-refractivity contribution in [3.8, 4) is 0 Å². The summed E-state index contributed by atoms with van der Waals surface area (Å²) in [6.45, 7) is 9.62. The van der Waals surface area contributed by atoms with E-state index in [1.165, 1.54) is 0 Å². The number of hydrogen-bond acceptors (Lipinski definition) is 4. The van der Waals surface area contributed by atoms with Gasteiger partial charge in [0.15, 0.2) is 0 Å². The Labute approximate surface area is 136 Å². The molecule has 0 saturated heterocycles. The van der Waals surface area contributed by atoms with Crippen molar-refractivity contribution in [1.29, 1.82) is 0 Å². The van der Waals surface area contributed by atoms with E-state index < -0.39 is 12.0 Å². The molecule has 1 aromatic rings. The van der Waals surface area contributed by atoms with Crippen LogP contribution in [0, 0.1) is 13.8 Å². The van der Waals surface area contributed by atoms with Gasteiger partial charge in [0.25, 0.3) is 0 Å². The molecule has 1 rings (SSSR count). The summed E-state index contributed by atoms with van der Waals surface area (Å²) < 4.78 is 6.73. The first-order chi connectivity index (χ1) is 10.8. The minimum Gasteiger partial charge on any atom is -0.462 e. The molecule has 0 radical (unpaired) electrons. The Hall–Kier alpha value is -2.31. The van der Waals surface area contributed by atoms with Gasteiger partial charge in [0.2, 0.25) is 11.8 Å². The lowest BCUT2D eigenvalue weighted by molar-refractivity contribution is -0.128. The summed E-state index contributed by atoms with van der Waals surface area (Å²) in [5, 5.41) is 5.29. The van der Waals surface area contributed by atoms with Gasteiger partial charge in [-0.15, -0.1) is 0 Å². The summed E-state index contributed by atoms with van der Waals surface area (Å²) in [5.74, 6) is -0.919.